The quantitative estimate of drug-likeness (QED) is 0.453. The molecule has 2 aromatic heterocycles. The molecule has 0 N–H and O–H groups in total. The number of hydrogen-bond donors (Lipinski definition) is 0. The number of likely N-dealkylation sites (tertiary alicyclic amines) is 1. The van der Waals surface area contributed by atoms with E-state index in [1.54, 1.807) is 24.5 Å². The third kappa shape index (κ3) is 4.28. The predicted molar refractivity (Wildman–Crippen MR) is 120 cm³/mol. The standard InChI is InChI=1S/C26H25FN4/c27-22-8-6-21(7-9-22)25-19-30(18-20-4-2-1-3-5-20)16-12-24(25)26-29-15-17-31(26)23-10-13-28-14-11-23/h1-11,13-15,17,24-25H,12,16,18-19H2. The Morgan fingerprint density at radius 3 is 2.42 bits per heavy atom. The van der Waals surface area contributed by atoms with Gasteiger partial charge >= 0.3 is 0 Å². The largest absolute Gasteiger partial charge is 0.303 e. The molecule has 0 amide bonds. The zero-order valence-corrected chi connectivity index (χ0v) is 17.3. The second kappa shape index (κ2) is 8.82. The fourth-order valence-electron chi connectivity index (χ4n) is 4.67. The van der Waals surface area contributed by atoms with Gasteiger partial charge in [-0.3, -0.25) is 9.88 Å². The average Bonchev–Trinajstić information content (AvgIpc) is 3.31. The number of halogens is 1. The lowest BCUT2D eigenvalue weighted by Crippen LogP contribution is -2.38. The van der Waals surface area contributed by atoms with Gasteiger partial charge in [-0.25, -0.2) is 9.37 Å². The summed E-state index contributed by atoms with van der Waals surface area (Å²) in [7, 11) is 0. The Morgan fingerprint density at radius 1 is 0.871 bits per heavy atom. The molecular formula is C26H25FN4. The smallest absolute Gasteiger partial charge is 0.123 e. The summed E-state index contributed by atoms with van der Waals surface area (Å²) < 4.78 is 15.8. The van der Waals surface area contributed by atoms with Gasteiger partial charge in [-0.05, 0) is 48.4 Å². The van der Waals surface area contributed by atoms with Crippen molar-refractivity contribution in [3.63, 3.8) is 0 Å². The number of nitrogens with zero attached hydrogens (tertiary/aromatic N) is 4. The summed E-state index contributed by atoms with van der Waals surface area (Å²) in [6, 6.07) is 21.6. The molecule has 2 atom stereocenters. The molecule has 5 heteroatoms. The Kier molecular flexibility index (Phi) is 5.59. The molecule has 0 bridgehead atoms. The van der Waals surface area contributed by atoms with Gasteiger partial charge in [0.15, 0.2) is 0 Å². The van der Waals surface area contributed by atoms with Crippen LogP contribution in [-0.4, -0.2) is 32.5 Å². The van der Waals surface area contributed by atoms with Gasteiger partial charge < -0.3 is 4.57 Å². The van der Waals surface area contributed by atoms with Gasteiger partial charge in [0.1, 0.15) is 11.6 Å². The van der Waals surface area contributed by atoms with E-state index < -0.39 is 0 Å². The van der Waals surface area contributed by atoms with Crippen LogP contribution in [0.1, 0.15) is 35.2 Å². The highest BCUT2D eigenvalue weighted by Gasteiger charge is 2.34. The number of hydrogen-bond acceptors (Lipinski definition) is 3. The highest BCUT2D eigenvalue weighted by atomic mass is 19.1. The van der Waals surface area contributed by atoms with E-state index in [-0.39, 0.29) is 17.7 Å². The molecule has 1 saturated heterocycles. The van der Waals surface area contributed by atoms with E-state index in [2.05, 4.69) is 44.8 Å². The number of piperidine rings is 1. The highest BCUT2D eigenvalue weighted by molar-refractivity contribution is 5.34. The summed E-state index contributed by atoms with van der Waals surface area (Å²) >= 11 is 0. The molecule has 0 spiro atoms. The van der Waals surface area contributed by atoms with Crippen LogP contribution in [0, 0.1) is 5.82 Å². The van der Waals surface area contributed by atoms with Crippen molar-refractivity contribution >= 4 is 0 Å². The van der Waals surface area contributed by atoms with Gasteiger partial charge in [0.25, 0.3) is 0 Å². The van der Waals surface area contributed by atoms with Crippen LogP contribution in [0.25, 0.3) is 5.69 Å². The number of imidazole rings is 1. The van der Waals surface area contributed by atoms with Crippen molar-refractivity contribution in [3.05, 3.63) is 114 Å². The molecule has 2 unspecified atom stereocenters. The third-order valence-corrected chi connectivity index (χ3v) is 6.19. The molecule has 1 aliphatic rings. The van der Waals surface area contributed by atoms with Gasteiger partial charge in [-0.2, -0.15) is 0 Å². The van der Waals surface area contributed by atoms with Crippen LogP contribution in [0.15, 0.2) is 91.5 Å². The van der Waals surface area contributed by atoms with Crippen molar-refractivity contribution < 1.29 is 4.39 Å². The molecular weight excluding hydrogens is 387 g/mol. The predicted octanol–water partition coefficient (Wildman–Crippen LogP) is 5.18. The first-order valence-electron chi connectivity index (χ1n) is 10.7. The van der Waals surface area contributed by atoms with Crippen molar-refractivity contribution in [3.8, 4) is 5.69 Å². The molecule has 1 fully saturated rings. The molecule has 5 rings (SSSR count). The van der Waals surface area contributed by atoms with E-state index in [0.717, 1.165) is 43.1 Å². The molecule has 3 heterocycles. The molecule has 0 saturated carbocycles. The van der Waals surface area contributed by atoms with Crippen LogP contribution in [-0.2, 0) is 6.54 Å². The molecule has 2 aromatic carbocycles. The molecule has 0 aliphatic carbocycles. The first-order chi connectivity index (χ1) is 15.3. The lowest BCUT2D eigenvalue weighted by molar-refractivity contribution is 0.178. The zero-order valence-electron chi connectivity index (χ0n) is 17.3. The van der Waals surface area contributed by atoms with Crippen molar-refractivity contribution in [1.29, 1.82) is 0 Å². The Morgan fingerprint density at radius 2 is 1.65 bits per heavy atom. The Labute approximate surface area is 182 Å². The minimum absolute atomic E-state index is 0.199. The Balaban J connectivity index is 1.47. The Bertz CT molecular complexity index is 1110. The van der Waals surface area contributed by atoms with Crippen LogP contribution in [0.5, 0.6) is 0 Å². The number of rotatable bonds is 5. The molecule has 156 valence electrons. The van der Waals surface area contributed by atoms with E-state index in [9.17, 15) is 4.39 Å². The van der Waals surface area contributed by atoms with Crippen LogP contribution in [0.2, 0.25) is 0 Å². The summed E-state index contributed by atoms with van der Waals surface area (Å²) in [5.41, 5.74) is 3.54. The number of pyridine rings is 1. The minimum Gasteiger partial charge on any atom is -0.303 e. The van der Waals surface area contributed by atoms with Gasteiger partial charge in [0.2, 0.25) is 0 Å². The summed E-state index contributed by atoms with van der Waals surface area (Å²) in [6.45, 7) is 2.83. The second-order valence-corrected chi connectivity index (χ2v) is 8.13. The lowest BCUT2D eigenvalue weighted by Gasteiger charge is -2.39. The van der Waals surface area contributed by atoms with Gasteiger partial charge in [0.05, 0.1) is 0 Å². The summed E-state index contributed by atoms with van der Waals surface area (Å²) in [4.78, 5) is 11.4. The summed E-state index contributed by atoms with van der Waals surface area (Å²) in [6.07, 6.45) is 8.49. The van der Waals surface area contributed by atoms with Gasteiger partial charge in [-0.1, -0.05) is 42.5 Å². The van der Waals surface area contributed by atoms with Gasteiger partial charge in [0, 0.05) is 55.4 Å². The second-order valence-electron chi connectivity index (χ2n) is 8.13. The molecule has 0 radical (unpaired) electrons. The molecule has 31 heavy (non-hydrogen) atoms. The van der Waals surface area contributed by atoms with Crippen LogP contribution < -0.4 is 0 Å². The van der Waals surface area contributed by atoms with Crippen LogP contribution in [0.3, 0.4) is 0 Å². The maximum absolute atomic E-state index is 13.6. The summed E-state index contributed by atoms with van der Waals surface area (Å²) in [5, 5.41) is 0. The van der Waals surface area contributed by atoms with Crippen LogP contribution in [0.4, 0.5) is 4.39 Å². The minimum atomic E-state index is -0.199. The molecule has 1 aliphatic heterocycles. The van der Waals surface area contributed by atoms with E-state index in [1.807, 2.05) is 36.7 Å². The van der Waals surface area contributed by atoms with E-state index in [0.29, 0.717) is 0 Å². The van der Waals surface area contributed by atoms with E-state index in [1.165, 1.54) is 5.56 Å². The average molecular weight is 413 g/mol. The Hall–Kier alpha value is -3.31. The van der Waals surface area contributed by atoms with E-state index in [4.69, 9.17) is 4.98 Å². The lowest BCUT2D eigenvalue weighted by atomic mass is 9.80. The summed E-state index contributed by atoms with van der Waals surface area (Å²) in [5.74, 6) is 1.34. The normalized spacial score (nSPS) is 19.4. The zero-order chi connectivity index (χ0) is 21.0. The van der Waals surface area contributed by atoms with Crippen molar-refractivity contribution in [2.24, 2.45) is 0 Å². The fourth-order valence-corrected chi connectivity index (χ4v) is 4.67. The SMILES string of the molecule is Fc1ccc(C2CN(Cc3ccccc3)CCC2c2nccn2-c2ccncc2)cc1. The number of aromatic nitrogens is 3. The van der Waals surface area contributed by atoms with Crippen LogP contribution >= 0.6 is 0 Å². The molecule has 4 aromatic rings. The van der Waals surface area contributed by atoms with Crippen molar-refractivity contribution in [2.75, 3.05) is 13.1 Å². The highest BCUT2D eigenvalue weighted by Crippen LogP contribution is 2.40. The van der Waals surface area contributed by atoms with Gasteiger partial charge in [-0.15, -0.1) is 0 Å². The third-order valence-electron chi connectivity index (χ3n) is 6.19. The fraction of sp³-hybridized carbons (Fsp3) is 0.231. The van der Waals surface area contributed by atoms with Crippen molar-refractivity contribution in [2.45, 2.75) is 24.8 Å². The molecule has 4 nitrogen and oxygen atoms in total. The first kappa shape index (κ1) is 19.6. The van der Waals surface area contributed by atoms with E-state index >= 15 is 0 Å². The maximum atomic E-state index is 13.6. The maximum Gasteiger partial charge on any atom is 0.123 e. The number of benzene rings is 2. The monoisotopic (exact) mass is 412 g/mol. The first-order valence-corrected chi connectivity index (χ1v) is 10.7. The topological polar surface area (TPSA) is 34.0 Å². The van der Waals surface area contributed by atoms with Crippen molar-refractivity contribution in [1.82, 2.24) is 19.4 Å².